The first-order valence-corrected chi connectivity index (χ1v) is 11.5. The minimum Gasteiger partial charge on any atom is -0.497 e. The lowest BCUT2D eigenvalue weighted by Gasteiger charge is -2.08. The Morgan fingerprint density at radius 2 is 1.63 bits per heavy atom. The van der Waals surface area contributed by atoms with Gasteiger partial charge < -0.3 is 9.72 Å². The molecule has 0 atom stereocenters. The topological polar surface area (TPSA) is 42.1 Å². The summed E-state index contributed by atoms with van der Waals surface area (Å²) in [7, 11) is 1.65. The van der Waals surface area contributed by atoms with Crippen molar-refractivity contribution < 1.29 is 9.53 Å². The predicted molar refractivity (Wildman–Crippen MR) is 131 cm³/mol. The van der Waals surface area contributed by atoms with Crippen LogP contribution in [0, 0.1) is 0 Å². The maximum atomic E-state index is 13.4. The normalized spacial score (nSPS) is 11.6. The van der Waals surface area contributed by atoms with E-state index in [-0.39, 0.29) is 5.78 Å². The Labute approximate surface area is 195 Å². The van der Waals surface area contributed by atoms with E-state index in [1.807, 2.05) is 79.0 Å². The molecule has 1 heterocycles. The number of ether oxygens (including phenoxy) is 1. The molecule has 0 unspecified atom stereocenters. The van der Waals surface area contributed by atoms with E-state index >= 15 is 0 Å². The Kier molecular flexibility index (Phi) is 6.46. The molecule has 6 heteroatoms. The van der Waals surface area contributed by atoms with E-state index in [9.17, 15) is 4.79 Å². The number of hydrogen-bond acceptors (Lipinski definition) is 3. The summed E-state index contributed by atoms with van der Waals surface area (Å²) in [5.41, 5.74) is 2.58. The number of methoxy groups -OCH3 is 1. The van der Waals surface area contributed by atoms with Gasteiger partial charge in [0.2, 0.25) is 0 Å². The summed E-state index contributed by atoms with van der Waals surface area (Å²) >= 11 is 8.35. The predicted octanol–water partition coefficient (Wildman–Crippen LogP) is 7.72. The fourth-order valence-corrected chi connectivity index (χ4v) is 4.47. The highest BCUT2D eigenvalue weighted by Gasteiger charge is 2.16. The van der Waals surface area contributed by atoms with Gasteiger partial charge in [-0.3, -0.25) is 4.79 Å². The molecule has 30 heavy (non-hydrogen) atoms. The molecular formula is C24H17Br2NO2S. The number of H-pyrrole nitrogens is 1. The molecular weight excluding hydrogens is 526 g/mol. The van der Waals surface area contributed by atoms with Gasteiger partial charge in [-0.2, -0.15) is 0 Å². The zero-order chi connectivity index (χ0) is 21.1. The number of Topliss-reactive ketones (excluding diaryl/α,β-unsaturated/α-hetero) is 1. The van der Waals surface area contributed by atoms with Crippen LogP contribution in [-0.2, 0) is 0 Å². The van der Waals surface area contributed by atoms with Crippen LogP contribution in [0.2, 0.25) is 0 Å². The van der Waals surface area contributed by atoms with Crippen LogP contribution in [0.5, 0.6) is 5.75 Å². The van der Waals surface area contributed by atoms with Gasteiger partial charge >= 0.3 is 0 Å². The third-order valence-corrected chi connectivity index (χ3v) is 6.67. The molecule has 0 amide bonds. The second kappa shape index (κ2) is 9.25. The SMILES string of the molecule is COc1ccc2[nH]cc(C=C(Sc3ccc(Br)cc3)C(=O)c3ccc(Br)cc3)c2c1. The first-order chi connectivity index (χ1) is 14.5. The van der Waals surface area contributed by atoms with E-state index in [0.29, 0.717) is 10.5 Å². The highest BCUT2D eigenvalue weighted by atomic mass is 79.9. The van der Waals surface area contributed by atoms with Gasteiger partial charge in [0.15, 0.2) is 5.78 Å². The number of carbonyl (C=O) groups is 1. The zero-order valence-corrected chi connectivity index (χ0v) is 20.0. The average Bonchev–Trinajstić information content (AvgIpc) is 3.16. The molecule has 1 N–H and O–H groups in total. The molecule has 4 rings (SSSR count). The number of hydrogen-bond donors (Lipinski definition) is 1. The van der Waals surface area contributed by atoms with E-state index in [1.54, 1.807) is 7.11 Å². The highest BCUT2D eigenvalue weighted by Crippen LogP contribution is 2.34. The van der Waals surface area contributed by atoms with Crippen molar-refractivity contribution in [3.05, 3.63) is 97.9 Å². The van der Waals surface area contributed by atoms with Crippen molar-refractivity contribution in [3.63, 3.8) is 0 Å². The summed E-state index contributed by atoms with van der Waals surface area (Å²) in [4.78, 5) is 18.3. The Bertz CT molecular complexity index is 1230. The Morgan fingerprint density at radius 1 is 0.967 bits per heavy atom. The van der Waals surface area contributed by atoms with Crippen molar-refractivity contribution in [3.8, 4) is 5.75 Å². The highest BCUT2D eigenvalue weighted by molar-refractivity contribution is 9.10. The van der Waals surface area contributed by atoms with E-state index in [1.165, 1.54) is 11.8 Å². The molecule has 3 nitrogen and oxygen atoms in total. The number of halogens is 2. The van der Waals surface area contributed by atoms with Gasteiger partial charge in [-0.05, 0) is 72.8 Å². The van der Waals surface area contributed by atoms with Crippen molar-refractivity contribution >= 4 is 66.4 Å². The van der Waals surface area contributed by atoms with Crippen molar-refractivity contribution in [2.45, 2.75) is 4.90 Å². The number of allylic oxidation sites excluding steroid dienone is 1. The minimum absolute atomic E-state index is 0.0207. The maximum absolute atomic E-state index is 13.4. The van der Waals surface area contributed by atoms with Gasteiger partial charge in [0, 0.05) is 42.1 Å². The number of ketones is 1. The average molecular weight is 543 g/mol. The molecule has 0 aliphatic carbocycles. The number of benzene rings is 3. The fraction of sp³-hybridized carbons (Fsp3) is 0.0417. The van der Waals surface area contributed by atoms with Crippen molar-refractivity contribution in [2.24, 2.45) is 0 Å². The van der Waals surface area contributed by atoms with E-state index in [4.69, 9.17) is 4.74 Å². The van der Waals surface area contributed by atoms with Crippen LogP contribution in [0.15, 0.2) is 91.7 Å². The second-order valence-electron chi connectivity index (χ2n) is 6.56. The van der Waals surface area contributed by atoms with Crippen LogP contribution in [-0.4, -0.2) is 17.9 Å². The van der Waals surface area contributed by atoms with E-state index in [0.717, 1.165) is 36.1 Å². The van der Waals surface area contributed by atoms with Crippen LogP contribution in [0.25, 0.3) is 17.0 Å². The largest absolute Gasteiger partial charge is 0.497 e. The number of fused-ring (bicyclic) bond motifs is 1. The Morgan fingerprint density at radius 3 is 2.30 bits per heavy atom. The number of nitrogens with one attached hydrogen (secondary N) is 1. The molecule has 4 aromatic rings. The van der Waals surface area contributed by atoms with E-state index < -0.39 is 0 Å². The number of thioether (sulfide) groups is 1. The molecule has 0 spiro atoms. The van der Waals surface area contributed by atoms with E-state index in [2.05, 4.69) is 36.8 Å². The Hall–Kier alpha value is -2.28. The number of rotatable bonds is 6. The molecule has 0 radical (unpaired) electrons. The second-order valence-corrected chi connectivity index (χ2v) is 9.50. The van der Waals surface area contributed by atoms with Gasteiger partial charge in [0.1, 0.15) is 5.75 Å². The molecule has 0 aliphatic heterocycles. The van der Waals surface area contributed by atoms with Crippen LogP contribution in [0.3, 0.4) is 0 Å². The summed E-state index contributed by atoms with van der Waals surface area (Å²) < 4.78 is 7.31. The molecule has 0 aliphatic rings. The van der Waals surface area contributed by atoms with Crippen molar-refractivity contribution in [1.29, 1.82) is 0 Å². The van der Waals surface area contributed by atoms with Crippen LogP contribution < -0.4 is 4.74 Å². The van der Waals surface area contributed by atoms with Gasteiger partial charge in [-0.15, -0.1) is 0 Å². The standard InChI is InChI=1S/C24H17Br2NO2S/c1-29-19-8-11-22-21(13-19)16(14-27-22)12-23(30-20-9-6-18(26)7-10-20)24(28)15-2-4-17(25)5-3-15/h2-14,27H,1H3. The minimum atomic E-state index is -0.0207. The molecule has 150 valence electrons. The fourth-order valence-electron chi connectivity index (χ4n) is 3.02. The summed E-state index contributed by atoms with van der Waals surface area (Å²) in [5, 5.41) is 1.01. The van der Waals surface area contributed by atoms with Gasteiger partial charge in [-0.25, -0.2) is 0 Å². The van der Waals surface area contributed by atoms with Gasteiger partial charge in [-0.1, -0.05) is 43.6 Å². The zero-order valence-electron chi connectivity index (χ0n) is 16.0. The summed E-state index contributed by atoms with van der Waals surface area (Å²) in [6, 6.07) is 21.2. The van der Waals surface area contributed by atoms with Gasteiger partial charge in [0.05, 0.1) is 12.0 Å². The van der Waals surface area contributed by atoms with Crippen LogP contribution in [0.4, 0.5) is 0 Å². The third-order valence-electron chi connectivity index (χ3n) is 4.58. The molecule has 1 aromatic heterocycles. The summed E-state index contributed by atoms with van der Waals surface area (Å²) in [6.07, 6.45) is 3.86. The molecule has 0 fully saturated rings. The number of aromatic nitrogens is 1. The molecule has 0 saturated carbocycles. The molecule has 0 bridgehead atoms. The summed E-state index contributed by atoms with van der Waals surface area (Å²) in [5.74, 6) is 0.755. The molecule has 3 aromatic carbocycles. The molecule has 0 saturated heterocycles. The number of aromatic amines is 1. The first-order valence-electron chi connectivity index (χ1n) is 9.14. The first kappa shape index (κ1) is 21.0. The van der Waals surface area contributed by atoms with Crippen LogP contribution >= 0.6 is 43.6 Å². The maximum Gasteiger partial charge on any atom is 0.199 e. The Balaban J connectivity index is 1.78. The van der Waals surface area contributed by atoms with Crippen LogP contribution in [0.1, 0.15) is 15.9 Å². The number of carbonyl (C=O) groups excluding carboxylic acids is 1. The van der Waals surface area contributed by atoms with Gasteiger partial charge in [0.25, 0.3) is 0 Å². The quantitative estimate of drug-likeness (QED) is 0.154. The monoisotopic (exact) mass is 541 g/mol. The lowest BCUT2D eigenvalue weighted by atomic mass is 10.1. The smallest absolute Gasteiger partial charge is 0.199 e. The van der Waals surface area contributed by atoms with Crippen molar-refractivity contribution in [1.82, 2.24) is 4.98 Å². The lowest BCUT2D eigenvalue weighted by Crippen LogP contribution is -2.00. The third kappa shape index (κ3) is 4.72. The summed E-state index contributed by atoms with van der Waals surface area (Å²) in [6.45, 7) is 0. The lowest BCUT2D eigenvalue weighted by molar-refractivity contribution is 0.104. The van der Waals surface area contributed by atoms with Crippen molar-refractivity contribution in [2.75, 3.05) is 7.11 Å².